The minimum atomic E-state index is -0.546. The number of nitrogens with zero attached hydrogens (tertiary/aromatic N) is 3. The lowest BCUT2D eigenvalue weighted by Crippen LogP contribution is -2.41. The molecule has 0 fully saturated rings. The summed E-state index contributed by atoms with van der Waals surface area (Å²) in [5.74, 6) is 0.0867. The first-order valence-electron chi connectivity index (χ1n) is 11.4. The van der Waals surface area contributed by atoms with E-state index >= 15 is 0 Å². The third-order valence-electron chi connectivity index (χ3n) is 6.06. The van der Waals surface area contributed by atoms with Gasteiger partial charge >= 0.3 is 5.97 Å². The monoisotopic (exact) mass is 499 g/mol. The molecular formula is C27H25N5O3S. The van der Waals surface area contributed by atoms with Crippen LogP contribution >= 0.6 is 11.8 Å². The summed E-state index contributed by atoms with van der Waals surface area (Å²) in [7, 11) is 1.35. The first-order chi connectivity index (χ1) is 17.4. The van der Waals surface area contributed by atoms with E-state index in [1.165, 1.54) is 18.9 Å². The molecule has 1 aliphatic heterocycles. The van der Waals surface area contributed by atoms with Crippen molar-refractivity contribution in [2.24, 2.45) is 0 Å². The molecule has 0 saturated heterocycles. The summed E-state index contributed by atoms with van der Waals surface area (Å²) >= 11 is 1.35. The second kappa shape index (κ2) is 9.87. The van der Waals surface area contributed by atoms with Gasteiger partial charge in [0.2, 0.25) is 11.1 Å². The minimum absolute atomic E-state index is 0.156. The summed E-state index contributed by atoms with van der Waals surface area (Å²) in [5.41, 5.74) is 8.53. The number of aromatic nitrogens is 3. The van der Waals surface area contributed by atoms with Gasteiger partial charge in [0.1, 0.15) is 5.25 Å². The Morgan fingerprint density at radius 2 is 1.75 bits per heavy atom. The topological polar surface area (TPSA) is 98.1 Å². The maximum absolute atomic E-state index is 13.6. The molecule has 5 rings (SSSR count). The molecule has 2 N–H and O–H groups in total. The number of esters is 1. The van der Waals surface area contributed by atoms with Gasteiger partial charge in [0.15, 0.2) is 5.82 Å². The summed E-state index contributed by atoms with van der Waals surface area (Å²) in [4.78, 5) is 25.5. The molecule has 1 aromatic heterocycles. The molecule has 2 heterocycles. The van der Waals surface area contributed by atoms with Crippen LogP contribution in [-0.2, 0) is 9.53 Å². The Bertz CT molecular complexity index is 1420. The Morgan fingerprint density at radius 1 is 1.00 bits per heavy atom. The summed E-state index contributed by atoms with van der Waals surface area (Å²) in [6.07, 6.45) is 0. The lowest BCUT2D eigenvalue weighted by molar-refractivity contribution is -0.116. The number of aryl methyl sites for hydroxylation is 2. The van der Waals surface area contributed by atoms with E-state index in [4.69, 9.17) is 4.74 Å². The molecule has 4 aromatic rings. The third kappa shape index (κ3) is 4.57. The van der Waals surface area contributed by atoms with E-state index < -0.39 is 17.3 Å². The molecule has 9 heteroatoms. The number of benzene rings is 3. The van der Waals surface area contributed by atoms with Crippen LogP contribution in [-0.4, -0.2) is 39.1 Å². The SMILES string of the molecule is COC(=O)c1ccc(C2Nn3c(nnc3-c3ccccc3)SC2C(=O)Nc2ccc(C)cc2C)cc1. The molecular weight excluding hydrogens is 474 g/mol. The lowest BCUT2D eigenvalue weighted by atomic mass is 10.0. The van der Waals surface area contributed by atoms with Gasteiger partial charge in [0.25, 0.3) is 0 Å². The highest BCUT2D eigenvalue weighted by Gasteiger charge is 2.38. The standard InChI is InChI=1S/C27H25N5O3S/c1-16-9-14-21(17(2)15-16)28-25(33)23-22(18-10-12-20(13-11-18)26(34)35-3)31-32-24(29-30-27(32)36-23)19-7-5-4-6-8-19/h4-15,22-23,31H,1-3H3,(H,28,33). The van der Waals surface area contributed by atoms with Crippen LogP contribution in [0.15, 0.2) is 78.0 Å². The smallest absolute Gasteiger partial charge is 0.337 e. The second-order valence-electron chi connectivity index (χ2n) is 8.57. The number of amides is 1. The van der Waals surface area contributed by atoms with E-state index in [0.29, 0.717) is 16.5 Å². The Kier molecular flexibility index (Phi) is 6.47. The van der Waals surface area contributed by atoms with Crippen LogP contribution in [0.2, 0.25) is 0 Å². The Labute approximate surface area is 213 Å². The first-order valence-corrected chi connectivity index (χ1v) is 12.3. The zero-order chi connectivity index (χ0) is 25.2. The zero-order valence-corrected chi connectivity index (χ0v) is 20.9. The predicted molar refractivity (Wildman–Crippen MR) is 140 cm³/mol. The van der Waals surface area contributed by atoms with Crippen molar-refractivity contribution in [3.8, 4) is 11.4 Å². The molecule has 0 radical (unpaired) electrons. The van der Waals surface area contributed by atoms with E-state index in [9.17, 15) is 9.59 Å². The number of methoxy groups -OCH3 is 1. The Morgan fingerprint density at radius 3 is 2.44 bits per heavy atom. The number of ether oxygens (including phenoxy) is 1. The maximum atomic E-state index is 13.6. The predicted octanol–water partition coefficient (Wildman–Crippen LogP) is 4.75. The minimum Gasteiger partial charge on any atom is -0.465 e. The summed E-state index contributed by atoms with van der Waals surface area (Å²) in [5, 5.41) is 11.9. The summed E-state index contributed by atoms with van der Waals surface area (Å²) < 4.78 is 6.64. The van der Waals surface area contributed by atoms with Crippen LogP contribution in [0.5, 0.6) is 0 Å². The van der Waals surface area contributed by atoms with Gasteiger partial charge in [-0.05, 0) is 43.2 Å². The quantitative estimate of drug-likeness (QED) is 0.383. The van der Waals surface area contributed by atoms with Crippen LogP contribution < -0.4 is 10.7 Å². The van der Waals surface area contributed by atoms with Crippen molar-refractivity contribution >= 4 is 29.3 Å². The molecule has 182 valence electrons. The van der Waals surface area contributed by atoms with Crippen molar-refractivity contribution < 1.29 is 14.3 Å². The normalized spacial score (nSPS) is 16.5. The molecule has 0 bridgehead atoms. The first kappa shape index (κ1) is 23.6. The second-order valence-corrected chi connectivity index (χ2v) is 9.68. The fourth-order valence-electron chi connectivity index (χ4n) is 4.18. The number of anilines is 1. The zero-order valence-electron chi connectivity index (χ0n) is 20.1. The number of carbonyl (C=O) groups is 2. The van der Waals surface area contributed by atoms with Crippen LogP contribution in [0, 0.1) is 13.8 Å². The molecule has 0 aliphatic carbocycles. The van der Waals surface area contributed by atoms with Gasteiger partial charge in [-0.1, -0.05) is 71.9 Å². The number of carbonyl (C=O) groups excluding carboxylic acids is 2. The number of rotatable bonds is 5. The highest BCUT2D eigenvalue weighted by molar-refractivity contribution is 8.00. The maximum Gasteiger partial charge on any atom is 0.337 e. The Hall–Kier alpha value is -4.11. The number of hydrogen-bond donors (Lipinski definition) is 2. The van der Waals surface area contributed by atoms with Crippen molar-refractivity contribution in [2.75, 3.05) is 17.9 Å². The van der Waals surface area contributed by atoms with Crippen LogP contribution in [0.4, 0.5) is 5.69 Å². The van der Waals surface area contributed by atoms with Gasteiger partial charge in [0, 0.05) is 11.3 Å². The van der Waals surface area contributed by atoms with Crippen LogP contribution in [0.3, 0.4) is 0 Å². The van der Waals surface area contributed by atoms with Gasteiger partial charge in [-0.25, -0.2) is 9.47 Å². The van der Waals surface area contributed by atoms with Crippen molar-refractivity contribution in [1.82, 2.24) is 14.9 Å². The van der Waals surface area contributed by atoms with Crippen molar-refractivity contribution in [1.29, 1.82) is 0 Å². The molecule has 2 atom stereocenters. The number of fused-ring (bicyclic) bond motifs is 1. The average Bonchev–Trinajstić information content (AvgIpc) is 3.32. The van der Waals surface area contributed by atoms with E-state index in [-0.39, 0.29) is 5.91 Å². The van der Waals surface area contributed by atoms with E-state index in [0.717, 1.165) is 27.9 Å². The summed E-state index contributed by atoms with van der Waals surface area (Å²) in [6.45, 7) is 3.99. The molecule has 2 unspecified atom stereocenters. The van der Waals surface area contributed by atoms with Gasteiger partial charge < -0.3 is 15.5 Å². The molecule has 36 heavy (non-hydrogen) atoms. The third-order valence-corrected chi connectivity index (χ3v) is 7.27. The molecule has 1 aliphatic rings. The highest BCUT2D eigenvalue weighted by Crippen LogP contribution is 2.39. The van der Waals surface area contributed by atoms with Gasteiger partial charge in [-0.3, -0.25) is 4.79 Å². The fourth-order valence-corrected chi connectivity index (χ4v) is 5.26. The van der Waals surface area contributed by atoms with E-state index in [1.807, 2.05) is 79.2 Å². The van der Waals surface area contributed by atoms with Gasteiger partial charge in [0.05, 0.1) is 18.7 Å². The fraction of sp³-hybridized carbons (Fsp3) is 0.185. The molecule has 8 nitrogen and oxygen atoms in total. The van der Waals surface area contributed by atoms with E-state index in [1.54, 1.807) is 12.1 Å². The van der Waals surface area contributed by atoms with E-state index in [2.05, 4.69) is 20.9 Å². The average molecular weight is 500 g/mol. The van der Waals surface area contributed by atoms with Gasteiger partial charge in [-0.15, -0.1) is 10.2 Å². The van der Waals surface area contributed by atoms with Crippen molar-refractivity contribution in [3.63, 3.8) is 0 Å². The lowest BCUT2D eigenvalue weighted by Gasteiger charge is -2.33. The van der Waals surface area contributed by atoms with Crippen molar-refractivity contribution in [3.05, 3.63) is 95.1 Å². The molecule has 1 amide bonds. The van der Waals surface area contributed by atoms with Crippen LogP contribution in [0.1, 0.15) is 33.1 Å². The molecule has 3 aromatic carbocycles. The highest BCUT2D eigenvalue weighted by atomic mass is 32.2. The Balaban J connectivity index is 1.51. The number of thioether (sulfide) groups is 1. The van der Waals surface area contributed by atoms with Crippen molar-refractivity contribution in [2.45, 2.75) is 30.3 Å². The molecule has 0 spiro atoms. The van der Waals surface area contributed by atoms with Crippen LogP contribution in [0.25, 0.3) is 11.4 Å². The summed E-state index contributed by atoms with van der Waals surface area (Å²) in [6, 6.07) is 22.3. The largest absolute Gasteiger partial charge is 0.465 e. The molecule has 0 saturated carbocycles. The van der Waals surface area contributed by atoms with Gasteiger partial charge in [-0.2, -0.15) is 0 Å². The number of nitrogens with one attached hydrogen (secondary N) is 2. The number of hydrogen-bond acceptors (Lipinski definition) is 7.